The number of aliphatic hydroxyl groups is 2. The lowest BCUT2D eigenvalue weighted by Crippen LogP contribution is -2.32. The average Bonchev–Trinajstić information content (AvgIpc) is 3.15. The number of phenolic OH excluding ortho intramolecular Hbond substituents is 1. The minimum absolute atomic E-state index is 0.0730. The molecule has 3 rings (SSSR count). The monoisotopic (exact) mass is 430 g/mol. The molecule has 0 bridgehead atoms. The molecule has 1 unspecified atom stereocenters. The van der Waals surface area contributed by atoms with E-state index in [1.807, 2.05) is 0 Å². The second-order valence-electron chi connectivity index (χ2n) is 7.69. The molecule has 1 fully saturated rings. The van der Waals surface area contributed by atoms with Crippen molar-refractivity contribution in [3.05, 3.63) is 41.5 Å². The van der Waals surface area contributed by atoms with Crippen molar-refractivity contribution in [1.82, 2.24) is 5.32 Å². The Morgan fingerprint density at radius 3 is 2.55 bits per heavy atom. The van der Waals surface area contributed by atoms with Crippen LogP contribution in [-0.4, -0.2) is 64.5 Å². The third-order valence-corrected chi connectivity index (χ3v) is 5.43. The van der Waals surface area contributed by atoms with E-state index in [0.29, 0.717) is 18.8 Å². The average molecular weight is 430 g/mol. The Bertz CT molecular complexity index is 940. The predicted octanol–water partition coefficient (Wildman–Crippen LogP) is 1.37. The highest BCUT2D eigenvalue weighted by molar-refractivity contribution is 6.00. The zero-order chi connectivity index (χ0) is 22.7. The topological polar surface area (TPSA) is 136 Å². The molecule has 2 aliphatic heterocycles. The third kappa shape index (κ3) is 4.95. The normalized spacial score (nSPS) is 29.5. The van der Waals surface area contributed by atoms with Crippen molar-refractivity contribution >= 4 is 29.5 Å². The van der Waals surface area contributed by atoms with E-state index in [1.165, 1.54) is 29.2 Å². The van der Waals surface area contributed by atoms with Crippen LogP contribution in [0.1, 0.15) is 36.2 Å². The molecule has 0 aromatic heterocycles. The molecule has 9 heteroatoms. The van der Waals surface area contributed by atoms with Crippen LogP contribution in [0.2, 0.25) is 0 Å². The quantitative estimate of drug-likeness (QED) is 0.494. The third-order valence-electron chi connectivity index (χ3n) is 5.43. The fourth-order valence-corrected chi connectivity index (χ4v) is 3.35. The molecule has 2 heterocycles. The van der Waals surface area contributed by atoms with Gasteiger partial charge in [-0.05, 0) is 31.1 Å². The number of urea groups is 1. The van der Waals surface area contributed by atoms with Crippen LogP contribution >= 0.6 is 0 Å². The summed E-state index contributed by atoms with van der Waals surface area (Å²) >= 11 is 0. The number of amides is 2. The zero-order valence-corrected chi connectivity index (χ0v) is 17.3. The number of carbonyl (C=O) groups excluding carboxylic acids is 3. The molecule has 9 nitrogen and oxygen atoms in total. The molecule has 1 aromatic rings. The van der Waals surface area contributed by atoms with Gasteiger partial charge in [-0.2, -0.15) is 0 Å². The molecule has 0 spiro atoms. The Labute approximate surface area is 179 Å². The van der Waals surface area contributed by atoms with Gasteiger partial charge < -0.3 is 25.4 Å². The number of fused-ring (bicyclic) bond motifs is 1. The first-order valence-electron chi connectivity index (χ1n) is 10.1. The first-order valence-corrected chi connectivity index (χ1v) is 10.1. The molecule has 2 aliphatic rings. The van der Waals surface area contributed by atoms with Crippen LogP contribution < -0.4 is 10.2 Å². The molecule has 4 atom stereocenters. The van der Waals surface area contributed by atoms with Crippen LogP contribution in [0.3, 0.4) is 0 Å². The first-order chi connectivity index (χ1) is 14.7. The minimum Gasteiger partial charge on any atom is -0.507 e. The number of anilines is 1. The van der Waals surface area contributed by atoms with E-state index in [2.05, 4.69) is 5.32 Å². The number of aliphatic hydroxyl groups excluding tert-OH is 2. The maximum Gasteiger partial charge on any atom is 0.342 e. The highest BCUT2D eigenvalue weighted by Crippen LogP contribution is 2.32. The fraction of sp³-hybridized carbons (Fsp3) is 0.409. The lowest BCUT2D eigenvalue weighted by molar-refractivity contribution is -0.127. The molecular weight excluding hydrogens is 404 g/mol. The number of phenols is 1. The van der Waals surface area contributed by atoms with Crippen molar-refractivity contribution < 1.29 is 34.4 Å². The van der Waals surface area contributed by atoms with E-state index in [4.69, 9.17) is 4.74 Å². The second-order valence-corrected chi connectivity index (χ2v) is 7.69. The molecule has 166 valence electrons. The number of benzene rings is 1. The molecule has 2 amide bonds. The molecule has 1 aromatic carbocycles. The lowest BCUT2D eigenvalue weighted by Gasteiger charge is -2.21. The summed E-state index contributed by atoms with van der Waals surface area (Å²) in [5, 5.41) is 33.4. The number of hydrogen-bond donors (Lipinski definition) is 4. The lowest BCUT2D eigenvalue weighted by atomic mass is 9.99. The predicted molar refractivity (Wildman–Crippen MR) is 113 cm³/mol. The molecule has 1 saturated heterocycles. The number of nitrogens with zero attached hydrogens (tertiary/aromatic N) is 1. The van der Waals surface area contributed by atoms with Crippen molar-refractivity contribution in [2.24, 2.45) is 5.92 Å². The van der Waals surface area contributed by atoms with Gasteiger partial charge in [-0.25, -0.2) is 9.59 Å². The molecule has 0 radical (unpaired) electrons. The summed E-state index contributed by atoms with van der Waals surface area (Å²) in [7, 11) is 0. The number of cyclic esters (lactones) is 1. The van der Waals surface area contributed by atoms with E-state index < -0.39 is 30.1 Å². The van der Waals surface area contributed by atoms with Crippen LogP contribution in [0.15, 0.2) is 30.4 Å². The molecular formula is C22H26N2O7. The standard InChI is InChI=1S/C22H26N2O7/c1-12-6-7-17(26)20(28)16(25)5-3-4-14-10-15(24-9-8-23-22(24)30)11-18(27)19(14)21(29)31-13(12)2/h3-4,6-7,10-13,16,20,25,27-28H,5,8-9H2,1-2H3,(H,23,30)/b4-3+,7-6-/t12-,13+,16+,20?/m1/s1. The van der Waals surface area contributed by atoms with Crippen molar-refractivity contribution in [2.75, 3.05) is 18.0 Å². The van der Waals surface area contributed by atoms with Gasteiger partial charge in [0.25, 0.3) is 0 Å². The van der Waals surface area contributed by atoms with Crippen molar-refractivity contribution in [3.8, 4) is 5.75 Å². The van der Waals surface area contributed by atoms with E-state index in [1.54, 1.807) is 19.9 Å². The number of nitrogens with one attached hydrogen (secondary N) is 1. The van der Waals surface area contributed by atoms with Gasteiger partial charge in [0.15, 0.2) is 5.78 Å². The number of aromatic hydroxyl groups is 1. The number of carbonyl (C=O) groups is 3. The van der Waals surface area contributed by atoms with Gasteiger partial charge >= 0.3 is 12.0 Å². The maximum atomic E-state index is 12.8. The summed E-state index contributed by atoms with van der Waals surface area (Å²) < 4.78 is 5.48. The number of ether oxygens (including phenoxy) is 1. The van der Waals surface area contributed by atoms with Crippen LogP contribution in [0.5, 0.6) is 5.75 Å². The molecule has 31 heavy (non-hydrogen) atoms. The highest BCUT2D eigenvalue weighted by atomic mass is 16.5. The van der Waals surface area contributed by atoms with Crippen molar-refractivity contribution in [1.29, 1.82) is 0 Å². The van der Waals surface area contributed by atoms with Gasteiger partial charge in [-0.3, -0.25) is 9.69 Å². The first kappa shape index (κ1) is 22.5. The summed E-state index contributed by atoms with van der Waals surface area (Å²) in [5.74, 6) is -2.12. The van der Waals surface area contributed by atoms with Gasteiger partial charge in [-0.1, -0.05) is 25.2 Å². The Hall–Kier alpha value is -3.17. The minimum atomic E-state index is -1.60. The molecule has 0 saturated carbocycles. The molecule has 0 aliphatic carbocycles. The van der Waals surface area contributed by atoms with Crippen LogP contribution in [0.25, 0.3) is 6.08 Å². The summed E-state index contributed by atoms with van der Waals surface area (Å²) in [6, 6.07) is 2.57. The number of esters is 1. The van der Waals surface area contributed by atoms with Crippen LogP contribution in [-0.2, 0) is 9.53 Å². The highest BCUT2D eigenvalue weighted by Gasteiger charge is 2.27. The van der Waals surface area contributed by atoms with Crippen LogP contribution in [0.4, 0.5) is 10.5 Å². The van der Waals surface area contributed by atoms with Crippen molar-refractivity contribution in [2.45, 2.75) is 38.6 Å². The molecule has 4 N–H and O–H groups in total. The second kappa shape index (κ2) is 9.32. The SMILES string of the molecule is C[C@@H]1/C=C\C(=O)C(O)[C@@H](O)C/C=C/c2cc(N3CCNC3=O)cc(O)c2C(=O)O[C@H]1C. The fourth-order valence-electron chi connectivity index (χ4n) is 3.35. The summed E-state index contributed by atoms with van der Waals surface area (Å²) in [6.45, 7) is 4.23. The van der Waals surface area contributed by atoms with Crippen LogP contribution in [0, 0.1) is 5.92 Å². The Kier molecular flexibility index (Phi) is 6.77. The number of ketones is 1. The van der Waals surface area contributed by atoms with E-state index in [-0.39, 0.29) is 35.2 Å². The summed E-state index contributed by atoms with van der Waals surface area (Å²) in [6.07, 6.45) is 1.96. The Morgan fingerprint density at radius 1 is 1.13 bits per heavy atom. The Balaban J connectivity index is 2.04. The zero-order valence-electron chi connectivity index (χ0n) is 17.3. The summed E-state index contributed by atoms with van der Waals surface area (Å²) in [4.78, 5) is 38.3. The smallest absolute Gasteiger partial charge is 0.342 e. The largest absolute Gasteiger partial charge is 0.507 e. The van der Waals surface area contributed by atoms with E-state index in [0.717, 1.165) is 6.08 Å². The van der Waals surface area contributed by atoms with Gasteiger partial charge in [0.05, 0.1) is 6.10 Å². The summed E-state index contributed by atoms with van der Waals surface area (Å²) in [5.41, 5.74) is 0.593. The van der Waals surface area contributed by atoms with Gasteiger partial charge in [0.1, 0.15) is 23.5 Å². The maximum absolute atomic E-state index is 12.8. The van der Waals surface area contributed by atoms with Gasteiger partial charge in [-0.15, -0.1) is 0 Å². The van der Waals surface area contributed by atoms with E-state index >= 15 is 0 Å². The van der Waals surface area contributed by atoms with Gasteiger partial charge in [0.2, 0.25) is 0 Å². The number of rotatable bonds is 1. The van der Waals surface area contributed by atoms with Gasteiger partial charge in [0, 0.05) is 30.8 Å². The Morgan fingerprint density at radius 2 is 1.87 bits per heavy atom. The van der Waals surface area contributed by atoms with E-state index in [9.17, 15) is 29.7 Å². The van der Waals surface area contributed by atoms with Crippen molar-refractivity contribution in [3.63, 3.8) is 0 Å². The number of hydrogen-bond acceptors (Lipinski definition) is 7.